The Morgan fingerprint density at radius 3 is 2.94 bits per heavy atom. The summed E-state index contributed by atoms with van der Waals surface area (Å²) in [5.41, 5.74) is 2.12. The lowest BCUT2D eigenvalue weighted by atomic mass is 10.1. The van der Waals surface area contributed by atoms with Crippen LogP contribution in [0.15, 0.2) is 36.7 Å². The molecule has 3 nitrogen and oxygen atoms in total. The number of hydrogen-bond acceptors (Lipinski definition) is 1. The Kier molecular flexibility index (Phi) is 3.23. The molecule has 2 aromatic rings. The Morgan fingerprint density at radius 2 is 2.24 bits per heavy atom. The molecule has 0 radical (unpaired) electrons. The number of aromatic nitrogens is 1. The average molecular weight is 232 g/mol. The Bertz CT molecular complexity index is 520. The highest BCUT2D eigenvalue weighted by atomic mass is 19.1. The van der Waals surface area contributed by atoms with Gasteiger partial charge in [-0.05, 0) is 36.2 Å². The van der Waals surface area contributed by atoms with Gasteiger partial charge in [0.25, 0.3) is 5.91 Å². The van der Waals surface area contributed by atoms with Gasteiger partial charge in [0, 0.05) is 24.5 Å². The van der Waals surface area contributed by atoms with Crippen LogP contribution >= 0.6 is 0 Å². The van der Waals surface area contributed by atoms with Crippen molar-refractivity contribution in [2.45, 2.75) is 13.5 Å². The van der Waals surface area contributed by atoms with Gasteiger partial charge in [-0.15, -0.1) is 0 Å². The molecule has 1 amide bonds. The molecule has 1 aromatic carbocycles. The number of aryl methyl sites for hydroxylation is 1. The van der Waals surface area contributed by atoms with Crippen molar-refractivity contribution in [3.05, 3.63) is 59.2 Å². The van der Waals surface area contributed by atoms with Crippen molar-refractivity contribution in [2.75, 3.05) is 0 Å². The van der Waals surface area contributed by atoms with Crippen LogP contribution in [-0.2, 0) is 6.54 Å². The molecule has 88 valence electrons. The van der Waals surface area contributed by atoms with Gasteiger partial charge in [0.1, 0.15) is 5.82 Å². The zero-order valence-corrected chi connectivity index (χ0v) is 9.46. The minimum atomic E-state index is -0.401. The molecular weight excluding hydrogens is 219 g/mol. The fraction of sp³-hybridized carbons (Fsp3) is 0.154. The SMILES string of the molecule is Cc1ccc(F)cc1C(=O)NCc1cc[nH]c1. The second-order valence-electron chi connectivity index (χ2n) is 3.86. The van der Waals surface area contributed by atoms with E-state index in [0.717, 1.165) is 11.1 Å². The molecule has 0 saturated carbocycles. The van der Waals surface area contributed by atoms with E-state index in [-0.39, 0.29) is 5.91 Å². The minimum absolute atomic E-state index is 0.261. The summed E-state index contributed by atoms with van der Waals surface area (Å²) in [6.07, 6.45) is 3.59. The maximum absolute atomic E-state index is 13.0. The molecule has 1 heterocycles. The third-order valence-corrected chi connectivity index (χ3v) is 2.56. The molecule has 0 aliphatic heterocycles. The first-order chi connectivity index (χ1) is 8.16. The van der Waals surface area contributed by atoms with E-state index in [1.54, 1.807) is 25.4 Å². The second kappa shape index (κ2) is 4.82. The summed E-state index contributed by atoms with van der Waals surface area (Å²) >= 11 is 0. The highest BCUT2D eigenvalue weighted by Crippen LogP contribution is 2.10. The van der Waals surface area contributed by atoms with Crippen LogP contribution in [-0.4, -0.2) is 10.9 Å². The summed E-state index contributed by atoms with van der Waals surface area (Å²) in [6.45, 7) is 2.21. The number of nitrogens with one attached hydrogen (secondary N) is 2. The number of carbonyl (C=O) groups excluding carboxylic acids is 1. The molecule has 2 N–H and O–H groups in total. The quantitative estimate of drug-likeness (QED) is 0.838. The van der Waals surface area contributed by atoms with E-state index in [0.29, 0.717) is 12.1 Å². The Morgan fingerprint density at radius 1 is 1.41 bits per heavy atom. The second-order valence-corrected chi connectivity index (χ2v) is 3.86. The molecule has 0 saturated heterocycles. The van der Waals surface area contributed by atoms with Crippen LogP contribution in [0.3, 0.4) is 0 Å². The predicted molar refractivity (Wildman–Crippen MR) is 63.1 cm³/mol. The number of aromatic amines is 1. The van der Waals surface area contributed by atoms with Gasteiger partial charge in [0.05, 0.1) is 0 Å². The minimum Gasteiger partial charge on any atom is -0.367 e. The number of carbonyl (C=O) groups is 1. The van der Waals surface area contributed by atoms with Gasteiger partial charge in [0.15, 0.2) is 0 Å². The number of rotatable bonds is 3. The predicted octanol–water partition coefficient (Wildman–Crippen LogP) is 2.39. The summed E-state index contributed by atoms with van der Waals surface area (Å²) in [4.78, 5) is 14.7. The summed E-state index contributed by atoms with van der Waals surface area (Å²) < 4.78 is 13.0. The van der Waals surface area contributed by atoms with Crippen LogP contribution < -0.4 is 5.32 Å². The molecule has 0 atom stereocenters. The third kappa shape index (κ3) is 2.72. The van der Waals surface area contributed by atoms with Crippen molar-refractivity contribution >= 4 is 5.91 Å². The lowest BCUT2D eigenvalue weighted by Gasteiger charge is -2.06. The van der Waals surface area contributed by atoms with E-state index < -0.39 is 5.82 Å². The monoisotopic (exact) mass is 232 g/mol. The molecule has 0 aliphatic carbocycles. The number of benzene rings is 1. The van der Waals surface area contributed by atoms with Gasteiger partial charge >= 0.3 is 0 Å². The fourth-order valence-corrected chi connectivity index (χ4v) is 1.58. The Balaban J connectivity index is 2.07. The van der Waals surface area contributed by atoms with Gasteiger partial charge in [-0.1, -0.05) is 6.07 Å². The molecule has 17 heavy (non-hydrogen) atoms. The van der Waals surface area contributed by atoms with Gasteiger partial charge in [0.2, 0.25) is 0 Å². The first-order valence-corrected chi connectivity index (χ1v) is 5.33. The van der Waals surface area contributed by atoms with Gasteiger partial charge in [-0.3, -0.25) is 4.79 Å². The largest absolute Gasteiger partial charge is 0.367 e. The highest BCUT2D eigenvalue weighted by molar-refractivity contribution is 5.95. The first kappa shape index (κ1) is 11.4. The topological polar surface area (TPSA) is 44.9 Å². The standard InChI is InChI=1S/C13H13FN2O/c1-9-2-3-11(14)6-12(9)13(17)16-8-10-4-5-15-7-10/h2-7,15H,8H2,1H3,(H,16,17). The van der Waals surface area contributed by atoms with Crippen molar-refractivity contribution in [3.8, 4) is 0 Å². The van der Waals surface area contributed by atoms with Crippen molar-refractivity contribution < 1.29 is 9.18 Å². The van der Waals surface area contributed by atoms with Crippen LogP contribution in [0.4, 0.5) is 4.39 Å². The number of halogens is 1. The maximum Gasteiger partial charge on any atom is 0.251 e. The lowest BCUT2D eigenvalue weighted by molar-refractivity contribution is 0.0950. The van der Waals surface area contributed by atoms with Gasteiger partial charge in [-0.25, -0.2) is 4.39 Å². The van der Waals surface area contributed by atoms with E-state index >= 15 is 0 Å². The highest BCUT2D eigenvalue weighted by Gasteiger charge is 2.09. The zero-order valence-electron chi connectivity index (χ0n) is 9.46. The van der Waals surface area contributed by atoms with Crippen molar-refractivity contribution in [1.29, 1.82) is 0 Å². The smallest absolute Gasteiger partial charge is 0.251 e. The molecular formula is C13H13FN2O. The van der Waals surface area contributed by atoms with Crippen LogP contribution in [0, 0.1) is 12.7 Å². The number of H-pyrrole nitrogens is 1. The van der Waals surface area contributed by atoms with E-state index in [2.05, 4.69) is 10.3 Å². The molecule has 0 aliphatic rings. The fourth-order valence-electron chi connectivity index (χ4n) is 1.58. The van der Waals surface area contributed by atoms with Crippen LogP contribution in [0.5, 0.6) is 0 Å². The Labute approximate surface area is 98.7 Å². The lowest BCUT2D eigenvalue weighted by Crippen LogP contribution is -2.23. The molecule has 1 aromatic heterocycles. The summed E-state index contributed by atoms with van der Waals surface area (Å²) in [5.74, 6) is -0.661. The third-order valence-electron chi connectivity index (χ3n) is 2.56. The average Bonchev–Trinajstić information content (AvgIpc) is 2.82. The number of amides is 1. The summed E-state index contributed by atoms with van der Waals surface area (Å²) in [7, 11) is 0. The molecule has 0 unspecified atom stereocenters. The van der Waals surface area contributed by atoms with E-state index in [4.69, 9.17) is 0 Å². The molecule has 2 rings (SSSR count). The molecule has 4 heteroatoms. The van der Waals surface area contributed by atoms with Crippen molar-refractivity contribution in [2.24, 2.45) is 0 Å². The summed E-state index contributed by atoms with van der Waals surface area (Å²) in [6, 6.07) is 6.07. The van der Waals surface area contributed by atoms with Gasteiger partial charge < -0.3 is 10.3 Å². The zero-order chi connectivity index (χ0) is 12.3. The molecule has 0 spiro atoms. The number of hydrogen-bond donors (Lipinski definition) is 2. The van der Waals surface area contributed by atoms with Gasteiger partial charge in [-0.2, -0.15) is 0 Å². The normalized spacial score (nSPS) is 10.2. The van der Waals surface area contributed by atoms with E-state index in [9.17, 15) is 9.18 Å². The molecule has 0 fully saturated rings. The molecule has 0 bridgehead atoms. The van der Waals surface area contributed by atoms with E-state index in [1.165, 1.54) is 12.1 Å². The Hall–Kier alpha value is -2.10. The first-order valence-electron chi connectivity index (χ1n) is 5.33. The van der Waals surface area contributed by atoms with Crippen LogP contribution in [0.1, 0.15) is 21.5 Å². The maximum atomic E-state index is 13.0. The van der Waals surface area contributed by atoms with Crippen LogP contribution in [0.2, 0.25) is 0 Å². The van der Waals surface area contributed by atoms with Crippen molar-refractivity contribution in [1.82, 2.24) is 10.3 Å². The van der Waals surface area contributed by atoms with E-state index in [1.807, 2.05) is 6.07 Å². The van der Waals surface area contributed by atoms with Crippen molar-refractivity contribution in [3.63, 3.8) is 0 Å². The summed E-state index contributed by atoms with van der Waals surface area (Å²) in [5, 5.41) is 2.74. The van der Waals surface area contributed by atoms with Crippen LogP contribution in [0.25, 0.3) is 0 Å².